The Morgan fingerprint density at radius 1 is 0.750 bits per heavy atom. The van der Waals surface area contributed by atoms with Gasteiger partial charge in [0.05, 0.1) is 28.4 Å². The maximum absolute atomic E-state index is 5.38. The van der Waals surface area contributed by atoms with Crippen LogP contribution in [0.5, 0.6) is 23.0 Å². The van der Waals surface area contributed by atoms with Gasteiger partial charge in [0.1, 0.15) is 0 Å². The summed E-state index contributed by atoms with van der Waals surface area (Å²) in [5.74, 6) is 3.03. The Labute approximate surface area is 168 Å². The van der Waals surface area contributed by atoms with Crippen LogP contribution >= 0.6 is 0 Å². The highest BCUT2D eigenvalue weighted by Crippen LogP contribution is 2.31. The van der Waals surface area contributed by atoms with Crippen LogP contribution in [0.1, 0.15) is 12.0 Å². The average molecular weight is 389 g/mol. The minimum atomic E-state index is 0.747. The molecule has 0 radical (unpaired) electrons. The lowest BCUT2D eigenvalue weighted by Crippen LogP contribution is -2.25. The third-order valence-corrected chi connectivity index (χ3v) is 4.69. The topological polar surface area (TPSA) is 52.2 Å². The summed E-state index contributed by atoms with van der Waals surface area (Å²) >= 11 is 0. The summed E-state index contributed by atoms with van der Waals surface area (Å²) in [6.07, 6.45) is 2.00. The molecule has 0 aliphatic rings. The molecule has 2 rings (SSSR count). The van der Waals surface area contributed by atoms with Crippen LogP contribution in [0.3, 0.4) is 0 Å². The van der Waals surface area contributed by atoms with E-state index >= 15 is 0 Å². The van der Waals surface area contributed by atoms with Crippen molar-refractivity contribution < 1.29 is 18.9 Å². The maximum Gasteiger partial charge on any atom is 0.162 e. The highest BCUT2D eigenvalue weighted by molar-refractivity contribution is 5.56. The molecule has 0 heterocycles. The maximum atomic E-state index is 5.38. The molecule has 0 fully saturated rings. The standard InChI is InChI=1S/C22H32N2O4/c1-24(18-8-10-20(26-3)22(16-18)28-5)14-6-12-23-13-11-17-7-9-19(25-2)21(15-17)27-4/h7-10,15-16,23H,6,11-14H2,1-5H3. The van der Waals surface area contributed by atoms with E-state index in [0.29, 0.717) is 0 Å². The van der Waals surface area contributed by atoms with Crippen molar-refractivity contribution in [3.63, 3.8) is 0 Å². The molecule has 6 heteroatoms. The highest BCUT2D eigenvalue weighted by atomic mass is 16.5. The van der Waals surface area contributed by atoms with Crippen LogP contribution in [0.25, 0.3) is 0 Å². The number of ether oxygens (including phenoxy) is 4. The van der Waals surface area contributed by atoms with Gasteiger partial charge in [-0.1, -0.05) is 6.07 Å². The number of rotatable bonds is 12. The minimum Gasteiger partial charge on any atom is -0.493 e. The summed E-state index contributed by atoms with van der Waals surface area (Å²) in [5, 5.41) is 3.50. The number of methoxy groups -OCH3 is 4. The van der Waals surface area contributed by atoms with E-state index in [4.69, 9.17) is 18.9 Å². The third kappa shape index (κ3) is 5.96. The molecule has 0 aliphatic carbocycles. The van der Waals surface area contributed by atoms with Gasteiger partial charge in [-0.05, 0) is 55.8 Å². The van der Waals surface area contributed by atoms with Gasteiger partial charge in [0.15, 0.2) is 23.0 Å². The van der Waals surface area contributed by atoms with Gasteiger partial charge in [-0.15, -0.1) is 0 Å². The molecule has 0 spiro atoms. The van der Waals surface area contributed by atoms with Crippen molar-refractivity contribution in [3.05, 3.63) is 42.0 Å². The molecule has 0 atom stereocenters. The second kappa shape index (κ2) is 11.3. The summed E-state index contributed by atoms with van der Waals surface area (Å²) < 4.78 is 21.3. The van der Waals surface area contributed by atoms with Gasteiger partial charge in [0.2, 0.25) is 0 Å². The molecular formula is C22H32N2O4. The molecule has 28 heavy (non-hydrogen) atoms. The molecule has 2 aromatic carbocycles. The Morgan fingerprint density at radius 2 is 1.36 bits per heavy atom. The smallest absolute Gasteiger partial charge is 0.162 e. The van der Waals surface area contributed by atoms with E-state index in [2.05, 4.69) is 23.3 Å². The van der Waals surface area contributed by atoms with Crippen LogP contribution in [0.4, 0.5) is 5.69 Å². The molecule has 6 nitrogen and oxygen atoms in total. The molecule has 0 saturated carbocycles. The Bertz CT molecular complexity index is 736. The molecule has 0 amide bonds. The van der Waals surface area contributed by atoms with Gasteiger partial charge >= 0.3 is 0 Å². The molecule has 0 aromatic heterocycles. The van der Waals surface area contributed by atoms with Crippen molar-refractivity contribution in [2.75, 3.05) is 60.0 Å². The van der Waals surface area contributed by atoms with Crippen LogP contribution in [-0.2, 0) is 6.42 Å². The molecule has 154 valence electrons. The fourth-order valence-electron chi connectivity index (χ4n) is 3.03. The lowest BCUT2D eigenvalue weighted by molar-refractivity contribution is 0.354. The van der Waals surface area contributed by atoms with Crippen LogP contribution in [0, 0.1) is 0 Å². The van der Waals surface area contributed by atoms with E-state index in [1.54, 1.807) is 28.4 Å². The molecule has 1 N–H and O–H groups in total. The first-order valence-electron chi connectivity index (χ1n) is 9.47. The zero-order chi connectivity index (χ0) is 20.4. The van der Waals surface area contributed by atoms with E-state index in [0.717, 1.165) is 61.2 Å². The predicted octanol–water partition coefficient (Wildman–Crippen LogP) is 3.38. The van der Waals surface area contributed by atoms with Crippen LogP contribution in [0.2, 0.25) is 0 Å². The number of anilines is 1. The molecule has 2 aromatic rings. The van der Waals surface area contributed by atoms with Crippen molar-refractivity contribution in [2.45, 2.75) is 12.8 Å². The van der Waals surface area contributed by atoms with E-state index in [-0.39, 0.29) is 0 Å². The summed E-state index contributed by atoms with van der Waals surface area (Å²) in [4.78, 5) is 2.22. The quantitative estimate of drug-likeness (QED) is 0.563. The van der Waals surface area contributed by atoms with E-state index < -0.39 is 0 Å². The third-order valence-electron chi connectivity index (χ3n) is 4.69. The fourth-order valence-corrected chi connectivity index (χ4v) is 3.03. The Morgan fingerprint density at radius 3 is 2.00 bits per heavy atom. The number of hydrogen-bond donors (Lipinski definition) is 1. The Kier molecular flexibility index (Phi) is 8.75. The molecule has 0 bridgehead atoms. The van der Waals surface area contributed by atoms with E-state index in [1.165, 1.54) is 5.56 Å². The summed E-state index contributed by atoms with van der Waals surface area (Å²) in [6.45, 7) is 2.85. The van der Waals surface area contributed by atoms with Gasteiger partial charge < -0.3 is 29.2 Å². The van der Waals surface area contributed by atoms with Gasteiger partial charge in [-0.25, -0.2) is 0 Å². The first-order chi connectivity index (χ1) is 13.6. The monoisotopic (exact) mass is 388 g/mol. The van der Waals surface area contributed by atoms with Gasteiger partial charge in [-0.3, -0.25) is 0 Å². The molecular weight excluding hydrogens is 356 g/mol. The zero-order valence-electron chi connectivity index (χ0n) is 17.6. The average Bonchev–Trinajstić information content (AvgIpc) is 2.75. The largest absolute Gasteiger partial charge is 0.493 e. The Balaban J connectivity index is 1.71. The van der Waals surface area contributed by atoms with Gasteiger partial charge in [0.25, 0.3) is 0 Å². The first kappa shape index (κ1) is 21.7. The summed E-state index contributed by atoms with van der Waals surface area (Å²) in [7, 11) is 8.71. The van der Waals surface area contributed by atoms with Gasteiger partial charge in [0, 0.05) is 25.3 Å². The Hall–Kier alpha value is -2.60. The number of benzene rings is 2. The SMILES string of the molecule is COc1ccc(CCNCCCN(C)c2ccc(OC)c(OC)c2)cc1OC. The summed E-state index contributed by atoms with van der Waals surface area (Å²) in [5.41, 5.74) is 2.34. The second-order valence-corrected chi connectivity index (χ2v) is 6.50. The van der Waals surface area contributed by atoms with Crippen LogP contribution in [0.15, 0.2) is 36.4 Å². The van der Waals surface area contributed by atoms with Crippen molar-refractivity contribution >= 4 is 5.69 Å². The number of nitrogens with zero attached hydrogens (tertiary/aromatic N) is 1. The fraction of sp³-hybridized carbons (Fsp3) is 0.455. The van der Waals surface area contributed by atoms with E-state index in [1.807, 2.05) is 30.3 Å². The number of nitrogens with one attached hydrogen (secondary N) is 1. The zero-order valence-corrected chi connectivity index (χ0v) is 17.6. The van der Waals surface area contributed by atoms with E-state index in [9.17, 15) is 0 Å². The lowest BCUT2D eigenvalue weighted by Gasteiger charge is -2.20. The second-order valence-electron chi connectivity index (χ2n) is 6.50. The van der Waals surface area contributed by atoms with Gasteiger partial charge in [-0.2, -0.15) is 0 Å². The van der Waals surface area contributed by atoms with Crippen molar-refractivity contribution in [1.29, 1.82) is 0 Å². The molecule has 0 aliphatic heterocycles. The predicted molar refractivity (Wildman–Crippen MR) is 114 cm³/mol. The molecule has 0 saturated heterocycles. The van der Waals surface area contributed by atoms with Crippen molar-refractivity contribution in [1.82, 2.24) is 5.32 Å². The van der Waals surface area contributed by atoms with Crippen molar-refractivity contribution in [3.8, 4) is 23.0 Å². The first-order valence-corrected chi connectivity index (χ1v) is 9.47. The van der Waals surface area contributed by atoms with Crippen LogP contribution < -0.4 is 29.2 Å². The minimum absolute atomic E-state index is 0.747. The van der Waals surface area contributed by atoms with Crippen LogP contribution in [-0.4, -0.2) is 55.1 Å². The summed E-state index contributed by atoms with van der Waals surface area (Å²) in [6, 6.07) is 12.0. The lowest BCUT2D eigenvalue weighted by atomic mass is 10.1. The normalized spacial score (nSPS) is 10.5. The van der Waals surface area contributed by atoms with Crippen molar-refractivity contribution in [2.24, 2.45) is 0 Å². The molecule has 0 unspecified atom stereocenters. The highest BCUT2D eigenvalue weighted by Gasteiger charge is 2.08. The number of hydrogen-bond acceptors (Lipinski definition) is 6.